The van der Waals surface area contributed by atoms with E-state index in [-0.39, 0.29) is 5.41 Å². The Bertz CT molecular complexity index is 609. The Kier molecular flexibility index (Phi) is 3.53. The van der Waals surface area contributed by atoms with E-state index in [4.69, 9.17) is 0 Å². The third-order valence-electron chi connectivity index (χ3n) is 3.59. The van der Waals surface area contributed by atoms with Gasteiger partial charge in [-0.05, 0) is 42.0 Å². The van der Waals surface area contributed by atoms with Gasteiger partial charge in [0, 0.05) is 17.9 Å². The van der Waals surface area contributed by atoms with E-state index >= 15 is 0 Å². The number of aromatic nitrogens is 2. The molecule has 0 radical (unpaired) electrons. The molecule has 1 fully saturated rings. The zero-order chi connectivity index (χ0) is 14.9. The Hall–Kier alpha value is -2.10. The van der Waals surface area contributed by atoms with E-state index in [2.05, 4.69) is 65.6 Å². The van der Waals surface area contributed by atoms with Gasteiger partial charge in [0.15, 0.2) is 0 Å². The van der Waals surface area contributed by atoms with Crippen LogP contribution in [0.4, 0.5) is 17.5 Å². The summed E-state index contributed by atoms with van der Waals surface area (Å²) in [7, 11) is 0. The highest BCUT2D eigenvalue weighted by Crippen LogP contribution is 2.25. The molecule has 1 aromatic carbocycles. The van der Waals surface area contributed by atoms with Crippen LogP contribution in [0.2, 0.25) is 0 Å². The van der Waals surface area contributed by atoms with Crippen LogP contribution in [-0.4, -0.2) is 16.0 Å². The standard InChI is InChI=1S/C17H22N4/c1-17(2,3)12-4-6-14(7-5-12)20-16-18-11-10-15(21-16)19-13-8-9-13/h4-7,10-11,13H,8-9H2,1-3H3,(H2,18,19,20,21). The first-order chi connectivity index (χ1) is 10.0. The Labute approximate surface area is 126 Å². The van der Waals surface area contributed by atoms with Crippen LogP contribution in [0.5, 0.6) is 0 Å². The molecule has 0 atom stereocenters. The lowest BCUT2D eigenvalue weighted by Gasteiger charge is -2.19. The van der Waals surface area contributed by atoms with Crippen molar-refractivity contribution in [3.05, 3.63) is 42.1 Å². The molecule has 110 valence electrons. The van der Waals surface area contributed by atoms with Crippen LogP contribution < -0.4 is 10.6 Å². The van der Waals surface area contributed by atoms with Gasteiger partial charge in [0.1, 0.15) is 5.82 Å². The van der Waals surface area contributed by atoms with Gasteiger partial charge in [-0.15, -0.1) is 0 Å². The maximum atomic E-state index is 4.49. The molecule has 21 heavy (non-hydrogen) atoms. The molecule has 4 nitrogen and oxygen atoms in total. The number of rotatable bonds is 4. The van der Waals surface area contributed by atoms with Crippen molar-refractivity contribution in [2.45, 2.75) is 45.1 Å². The summed E-state index contributed by atoms with van der Waals surface area (Å²) < 4.78 is 0. The van der Waals surface area contributed by atoms with Crippen molar-refractivity contribution in [2.24, 2.45) is 0 Å². The first kappa shape index (κ1) is 13.9. The molecule has 1 saturated carbocycles. The lowest BCUT2D eigenvalue weighted by Crippen LogP contribution is -2.10. The molecule has 1 aliphatic rings. The number of nitrogens with one attached hydrogen (secondary N) is 2. The molecule has 2 aromatic rings. The van der Waals surface area contributed by atoms with E-state index in [1.165, 1.54) is 18.4 Å². The van der Waals surface area contributed by atoms with Crippen LogP contribution in [0.1, 0.15) is 39.2 Å². The van der Waals surface area contributed by atoms with Crippen molar-refractivity contribution < 1.29 is 0 Å². The van der Waals surface area contributed by atoms with Gasteiger partial charge in [-0.2, -0.15) is 4.98 Å². The molecule has 1 heterocycles. The van der Waals surface area contributed by atoms with E-state index in [1.807, 2.05) is 6.07 Å². The first-order valence-electron chi connectivity index (χ1n) is 7.48. The van der Waals surface area contributed by atoms with Gasteiger partial charge >= 0.3 is 0 Å². The molecule has 4 heteroatoms. The van der Waals surface area contributed by atoms with Gasteiger partial charge in [0.2, 0.25) is 5.95 Å². The molecule has 0 aliphatic heterocycles. The third kappa shape index (κ3) is 3.72. The fourth-order valence-electron chi connectivity index (χ4n) is 2.12. The van der Waals surface area contributed by atoms with Crippen molar-refractivity contribution in [3.8, 4) is 0 Å². The zero-order valence-electron chi connectivity index (χ0n) is 12.9. The van der Waals surface area contributed by atoms with E-state index in [0.29, 0.717) is 12.0 Å². The summed E-state index contributed by atoms with van der Waals surface area (Å²) >= 11 is 0. The summed E-state index contributed by atoms with van der Waals surface area (Å²) in [4.78, 5) is 8.76. The monoisotopic (exact) mass is 282 g/mol. The van der Waals surface area contributed by atoms with Gasteiger partial charge in [0.05, 0.1) is 0 Å². The normalized spacial score (nSPS) is 14.8. The molecule has 1 aliphatic carbocycles. The number of hydrogen-bond acceptors (Lipinski definition) is 4. The molecule has 0 bridgehead atoms. The first-order valence-corrected chi connectivity index (χ1v) is 7.48. The second kappa shape index (κ2) is 5.35. The molecule has 1 aromatic heterocycles. The largest absolute Gasteiger partial charge is 0.367 e. The van der Waals surface area contributed by atoms with E-state index in [0.717, 1.165) is 11.5 Å². The van der Waals surface area contributed by atoms with Crippen LogP contribution >= 0.6 is 0 Å². The highest BCUT2D eigenvalue weighted by Gasteiger charge is 2.21. The molecule has 2 N–H and O–H groups in total. The lowest BCUT2D eigenvalue weighted by molar-refractivity contribution is 0.590. The van der Waals surface area contributed by atoms with E-state index in [9.17, 15) is 0 Å². The van der Waals surface area contributed by atoms with Gasteiger partial charge in [-0.1, -0.05) is 32.9 Å². The Morgan fingerprint density at radius 1 is 1.05 bits per heavy atom. The fraction of sp³-hybridized carbons (Fsp3) is 0.412. The lowest BCUT2D eigenvalue weighted by atomic mass is 9.87. The van der Waals surface area contributed by atoms with Gasteiger partial charge in [-0.25, -0.2) is 4.98 Å². The summed E-state index contributed by atoms with van der Waals surface area (Å²) in [5.74, 6) is 1.52. The van der Waals surface area contributed by atoms with E-state index in [1.54, 1.807) is 6.20 Å². The Morgan fingerprint density at radius 3 is 2.38 bits per heavy atom. The van der Waals surface area contributed by atoms with Crippen molar-refractivity contribution in [2.75, 3.05) is 10.6 Å². The summed E-state index contributed by atoms with van der Waals surface area (Å²) in [5, 5.41) is 6.63. The predicted molar refractivity (Wildman–Crippen MR) is 87.1 cm³/mol. The van der Waals surface area contributed by atoms with Crippen molar-refractivity contribution >= 4 is 17.5 Å². The minimum absolute atomic E-state index is 0.170. The van der Waals surface area contributed by atoms with Gasteiger partial charge in [0.25, 0.3) is 0 Å². The fourth-order valence-corrected chi connectivity index (χ4v) is 2.12. The number of nitrogens with zero attached hydrogens (tertiary/aromatic N) is 2. The number of benzene rings is 1. The maximum absolute atomic E-state index is 4.49. The molecular weight excluding hydrogens is 260 g/mol. The van der Waals surface area contributed by atoms with Gasteiger partial charge in [-0.3, -0.25) is 0 Å². The van der Waals surface area contributed by atoms with Crippen molar-refractivity contribution in [1.29, 1.82) is 0 Å². The van der Waals surface area contributed by atoms with Crippen LogP contribution in [0.15, 0.2) is 36.5 Å². The van der Waals surface area contributed by atoms with Crippen LogP contribution in [-0.2, 0) is 5.41 Å². The molecule has 0 spiro atoms. The summed E-state index contributed by atoms with van der Waals surface area (Å²) in [6, 6.07) is 10.9. The topological polar surface area (TPSA) is 49.8 Å². The van der Waals surface area contributed by atoms with Crippen molar-refractivity contribution in [3.63, 3.8) is 0 Å². The molecule has 3 rings (SSSR count). The molecule has 0 amide bonds. The Balaban J connectivity index is 1.70. The second-order valence-corrected chi connectivity index (χ2v) is 6.64. The maximum Gasteiger partial charge on any atom is 0.229 e. The average Bonchev–Trinajstić information content (AvgIpc) is 3.23. The molecular formula is C17H22N4. The van der Waals surface area contributed by atoms with E-state index < -0.39 is 0 Å². The Morgan fingerprint density at radius 2 is 1.76 bits per heavy atom. The van der Waals surface area contributed by atoms with Crippen molar-refractivity contribution in [1.82, 2.24) is 9.97 Å². The third-order valence-corrected chi connectivity index (χ3v) is 3.59. The average molecular weight is 282 g/mol. The molecule has 0 unspecified atom stereocenters. The molecule has 0 saturated heterocycles. The van der Waals surface area contributed by atoms with Crippen LogP contribution in [0.25, 0.3) is 0 Å². The highest BCUT2D eigenvalue weighted by atomic mass is 15.1. The van der Waals surface area contributed by atoms with Crippen LogP contribution in [0, 0.1) is 0 Å². The minimum Gasteiger partial charge on any atom is -0.367 e. The SMILES string of the molecule is CC(C)(C)c1ccc(Nc2nccc(NC3CC3)n2)cc1. The number of hydrogen-bond donors (Lipinski definition) is 2. The minimum atomic E-state index is 0.170. The summed E-state index contributed by atoms with van der Waals surface area (Å²) in [6.45, 7) is 6.64. The highest BCUT2D eigenvalue weighted by molar-refractivity contribution is 5.55. The van der Waals surface area contributed by atoms with Gasteiger partial charge < -0.3 is 10.6 Å². The predicted octanol–water partition coefficient (Wildman–Crippen LogP) is 4.09. The second-order valence-electron chi connectivity index (χ2n) is 6.64. The number of anilines is 3. The quantitative estimate of drug-likeness (QED) is 0.886. The van der Waals surface area contributed by atoms with Crippen LogP contribution in [0.3, 0.4) is 0 Å². The summed E-state index contributed by atoms with van der Waals surface area (Å²) in [6.07, 6.45) is 4.26. The summed E-state index contributed by atoms with van der Waals surface area (Å²) in [5.41, 5.74) is 2.49. The zero-order valence-corrected chi connectivity index (χ0v) is 12.9. The smallest absolute Gasteiger partial charge is 0.229 e.